The van der Waals surface area contributed by atoms with Gasteiger partial charge in [0, 0.05) is 28.8 Å². The molecule has 0 aromatic rings. The Labute approximate surface area is 91.8 Å². The van der Waals surface area contributed by atoms with Gasteiger partial charge >= 0.3 is 5.97 Å². The lowest BCUT2D eigenvalue weighted by Crippen LogP contribution is -2.33. The van der Waals surface area contributed by atoms with Crippen LogP contribution in [0.2, 0.25) is 0 Å². The van der Waals surface area contributed by atoms with Crippen LogP contribution < -0.4 is 0 Å². The Kier molecular flexibility index (Phi) is 4.44. The number of azide groups is 2. The van der Waals surface area contributed by atoms with Crippen molar-refractivity contribution in [2.45, 2.75) is 44.4 Å². The molecule has 1 fully saturated rings. The summed E-state index contributed by atoms with van der Waals surface area (Å²) in [4.78, 5) is 16.2. The molecule has 0 aromatic heterocycles. The molecule has 0 radical (unpaired) electrons. The van der Waals surface area contributed by atoms with E-state index in [1.807, 2.05) is 0 Å². The van der Waals surface area contributed by atoms with Crippen molar-refractivity contribution in [2.24, 2.45) is 10.2 Å². The largest absolute Gasteiger partial charge is 0.463 e. The number of nitrogens with zero attached hydrogens (tertiary/aromatic N) is 6. The fourth-order valence-electron chi connectivity index (χ4n) is 1.88. The van der Waals surface area contributed by atoms with Crippen molar-refractivity contribution in [2.75, 3.05) is 0 Å². The minimum Gasteiger partial charge on any atom is -0.463 e. The molecule has 1 aliphatic rings. The maximum absolute atomic E-state index is 10.8. The van der Waals surface area contributed by atoms with Gasteiger partial charge in [-0.05, 0) is 30.3 Å². The highest BCUT2D eigenvalue weighted by Gasteiger charge is 2.29. The van der Waals surface area contributed by atoms with Gasteiger partial charge in [-0.3, -0.25) is 4.79 Å². The number of hydrogen-bond donors (Lipinski definition) is 0. The number of hydrogen-bond acceptors (Lipinski definition) is 4. The second kappa shape index (κ2) is 5.85. The van der Waals surface area contributed by atoms with Crippen LogP contribution in [0.5, 0.6) is 0 Å². The van der Waals surface area contributed by atoms with Gasteiger partial charge < -0.3 is 4.74 Å². The van der Waals surface area contributed by atoms with E-state index in [-0.39, 0.29) is 24.2 Å². The summed E-state index contributed by atoms with van der Waals surface area (Å²) >= 11 is 0. The smallest absolute Gasteiger partial charge is 0.302 e. The second-order valence-electron chi connectivity index (χ2n) is 3.66. The predicted octanol–water partition coefficient (Wildman–Crippen LogP) is 2.46. The first-order valence-electron chi connectivity index (χ1n) is 4.91. The molecule has 0 bridgehead atoms. The molecule has 0 aliphatic heterocycles. The van der Waals surface area contributed by atoms with E-state index in [1.165, 1.54) is 6.92 Å². The van der Waals surface area contributed by atoms with Crippen molar-refractivity contribution in [3.63, 3.8) is 0 Å². The van der Waals surface area contributed by atoms with E-state index in [2.05, 4.69) is 20.1 Å². The van der Waals surface area contributed by atoms with Gasteiger partial charge in [0.05, 0.1) is 0 Å². The summed E-state index contributed by atoms with van der Waals surface area (Å²) in [5.74, 6) is -0.383. The highest BCUT2D eigenvalue weighted by molar-refractivity contribution is 5.66. The molecule has 16 heavy (non-hydrogen) atoms. The van der Waals surface area contributed by atoms with Crippen LogP contribution >= 0.6 is 0 Å². The van der Waals surface area contributed by atoms with E-state index >= 15 is 0 Å². The molecule has 0 aromatic carbocycles. The quantitative estimate of drug-likeness (QED) is 0.316. The lowest BCUT2D eigenvalue weighted by molar-refractivity contribution is -0.148. The maximum atomic E-state index is 10.8. The molecule has 2 unspecified atom stereocenters. The van der Waals surface area contributed by atoms with Gasteiger partial charge in [0.2, 0.25) is 0 Å². The maximum Gasteiger partial charge on any atom is 0.302 e. The molecule has 0 saturated heterocycles. The van der Waals surface area contributed by atoms with Gasteiger partial charge in [-0.25, -0.2) is 0 Å². The molecule has 1 rings (SSSR count). The monoisotopic (exact) mass is 224 g/mol. The van der Waals surface area contributed by atoms with Crippen LogP contribution in [0.15, 0.2) is 10.2 Å². The normalized spacial score (nSPS) is 28.4. The molecular formula is C8H12N6O2. The van der Waals surface area contributed by atoms with Crippen molar-refractivity contribution >= 4 is 5.97 Å². The molecule has 8 nitrogen and oxygen atoms in total. The highest BCUT2D eigenvalue weighted by atomic mass is 16.5. The highest BCUT2D eigenvalue weighted by Crippen LogP contribution is 2.26. The molecule has 0 N–H and O–H groups in total. The average Bonchev–Trinajstić information content (AvgIpc) is 2.17. The SMILES string of the molecule is CC(=O)OC1CC(N=[N+]=[N-])CC(N=[N+]=[N-])C1. The molecule has 8 heteroatoms. The van der Waals surface area contributed by atoms with Crippen LogP contribution in [-0.2, 0) is 9.53 Å². The number of carbonyl (C=O) groups is 1. The van der Waals surface area contributed by atoms with Gasteiger partial charge in [-0.15, -0.1) is 0 Å². The summed E-state index contributed by atoms with van der Waals surface area (Å²) in [6, 6.07) is -0.558. The molecule has 86 valence electrons. The minimum atomic E-state index is -0.383. The third kappa shape index (κ3) is 3.68. The number of ether oxygens (including phenoxy) is 1. The first-order valence-corrected chi connectivity index (χ1v) is 4.91. The van der Waals surface area contributed by atoms with Crippen LogP contribution in [0.4, 0.5) is 0 Å². The lowest BCUT2D eigenvalue weighted by Gasteiger charge is -2.29. The average molecular weight is 224 g/mol. The van der Waals surface area contributed by atoms with E-state index in [9.17, 15) is 4.79 Å². The third-order valence-corrected chi connectivity index (χ3v) is 2.38. The zero-order valence-corrected chi connectivity index (χ0v) is 8.85. The number of carbonyl (C=O) groups excluding carboxylic acids is 1. The fraction of sp³-hybridized carbons (Fsp3) is 0.875. The van der Waals surface area contributed by atoms with Gasteiger partial charge in [-0.1, -0.05) is 10.2 Å². The second-order valence-corrected chi connectivity index (χ2v) is 3.66. The van der Waals surface area contributed by atoms with E-state index < -0.39 is 0 Å². The van der Waals surface area contributed by atoms with Crippen LogP contribution in [0, 0.1) is 0 Å². The zero-order chi connectivity index (χ0) is 12.0. The van der Waals surface area contributed by atoms with E-state index in [1.54, 1.807) is 0 Å². The Morgan fingerprint density at radius 3 is 2.06 bits per heavy atom. The summed E-state index contributed by atoms with van der Waals surface area (Å²) in [6.07, 6.45) is 1.14. The van der Waals surface area contributed by atoms with Crippen LogP contribution in [0.3, 0.4) is 0 Å². The first-order chi connectivity index (χ1) is 7.65. The van der Waals surface area contributed by atoms with Gasteiger partial charge in [0.15, 0.2) is 0 Å². The Morgan fingerprint density at radius 1 is 1.19 bits per heavy atom. The molecule has 1 aliphatic carbocycles. The minimum absolute atomic E-state index is 0.279. The third-order valence-electron chi connectivity index (χ3n) is 2.38. The fourth-order valence-corrected chi connectivity index (χ4v) is 1.88. The molecule has 0 amide bonds. The summed E-state index contributed by atoms with van der Waals surface area (Å²) in [6.45, 7) is 1.32. The molecule has 0 heterocycles. The Hall–Kier alpha value is -1.91. The van der Waals surface area contributed by atoms with Gasteiger partial charge in [0.25, 0.3) is 0 Å². The standard InChI is InChI=1S/C8H12N6O2/c1-5(15)16-8-3-6(11-13-9)2-7(4-8)12-14-10/h6-8H,2-4H2,1H3. The summed E-state index contributed by atoms with van der Waals surface area (Å²) < 4.78 is 5.04. The zero-order valence-electron chi connectivity index (χ0n) is 8.85. The van der Waals surface area contributed by atoms with E-state index in [0.29, 0.717) is 19.3 Å². The lowest BCUT2D eigenvalue weighted by atomic mass is 9.89. The molecule has 1 saturated carbocycles. The molecule has 2 atom stereocenters. The van der Waals surface area contributed by atoms with Crippen molar-refractivity contribution in [1.82, 2.24) is 0 Å². The van der Waals surface area contributed by atoms with Gasteiger partial charge in [0.1, 0.15) is 6.10 Å². The van der Waals surface area contributed by atoms with Gasteiger partial charge in [-0.2, -0.15) is 0 Å². The predicted molar refractivity (Wildman–Crippen MR) is 55.3 cm³/mol. The molecular weight excluding hydrogens is 212 g/mol. The topological polar surface area (TPSA) is 124 Å². The number of rotatable bonds is 3. The van der Waals surface area contributed by atoms with Crippen molar-refractivity contribution in [1.29, 1.82) is 0 Å². The summed E-state index contributed by atoms with van der Waals surface area (Å²) in [5.41, 5.74) is 16.7. The first kappa shape index (κ1) is 12.2. The Morgan fingerprint density at radius 2 is 1.69 bits per heavy atom. The van der Waals surface area contributed by atoms with Crippen LogP contribution in [0.1, 0.15) is 26.2 Å². The van der Waals surface area contributed by atoms with Crippen LogP contribution in [-0.4, -0.2) is 24.2 Å². The van der Waals surface area contributed by atoms with E-state index in [0.717, 1.165) is 0 Å². The van der Waals surface area contributed by atoms with Crippen LogP contribution in [0.25, 0.3) is 20.9 Å². The molecule has 0 spiro atoms. The summed E-state index contributed by atoms with van der Waals surface area (Å²) in [7, 11) is 0. The van der Waals surface area contributed by atoms with E-state index in [4.69, 9.17) is 15.8 Å². The van der Waals surface area contributed by atoms with Crippen molar-refractivity contribution in [3.8, 4) is 0 Å². The Balaban J connectivity index is 2.68. The Bertz CT molecular complexity index is 332. The van der Waals surface area contributed by atoms with Crippen molar-refractivity contribution in [3.05, 3.63) is 20.9 Å². The number of esters is 1. The summed E-state index contributed by atoms with van der Waals surface area (Å²) in [5, 5.41) is 7.16. The van der Waals surface area contributed by atoms with Crippen molar-refractivity contribution < 1.29 is 9.53 Å².